The molecule has 1 aromatic heterocycles. The standard InChI is InChI=1S/C21H32N4OS/c1-6-7-10-22-21(27)25(12-11-24(4)5)14-18-13-17-9-8-15(2)16(3)19(17)23-20(18)26/h8-9,13H,6-7,10-12,14H2,1-5H3,(H,22,27)(H,23,26). The fourth-order valence-electron chi connectivity index (χ4n) is 2.95. The largest absolute Gasteiger partial charge is 0.363 e. The molecule has 0 unspecified atom stereocenters. The Kier molecular flexibility index (Phi) is 7.80. The Morgan fingerprint density at radius 1 is 1.22 bits per heavy atom. The minimum Gasteiger partial charge on any atom is -0.363 e. The number of hydrogen-bond donors (Lipinski definition) is 2. The zero-order chi connectivity index (χ0) is 20.0. The van der Waals surface area contributed by atoms with Crippen molar-refractivity contribution in [2.24, 2.45) is 0 Å². The first-order valence-electron chi connectivity index (χ1n) is 9.63. The molecule has 0 saturated heterocycles. The first kappa shape index (κ1) is 21.4. The molecule has 0 saturated carbocycles. The van der Waals surface area contributed by atoms with Gasteiger partial charge >= 0.3 is 0 Å². The lowest BCUT2D eigenvalue weighted by Gasteiger charge is -2.27. The summed E-state index contributed by atoms with van der Waals surface area (Å²) in [6, 6.07) is 6.16. The molecule has 0 spiro atoms. The number of aromatic amines is 1. The first-order valence-corrected chi connectivity index (χ1v) is 10.0. The molecule has 2 N–H and O–H groups in total. The van der Waals surface area contributed by atoms with Crippen LogP contribution in [0.2, 0.25) is 0 Å². The fraction of sp³-hybridized carbons (Fsp3) is 0.524. The van der Waals surface area contributed by atoms with Crippen molar-refractivity contribution >= 4 is 28.2 Å². The third kappa shape index (κ3) is 5.78. The zero-order valence-corrected chi connectivity index (χ0v) is 18.0. The van der Waals surface area contributed by atoms with Crippen molar-refractivity contribution in [2.75, 3.05) is 33.7 Å². The fourth-order valence-corrected chi connectivity index (χ4v) is 3.21. The van der Waals surface area contributed by atoms with Crippen LogP contribution in [0.1, 0.15) is 36.5 Å². The summed E-state index contributed by atoms with van der Waals surface area (Å²) in [5.41, 5.74) is 3.93. The van der Waals surface area contributed by atoms with E-state index in [2.05, 4.69) is 46.1 Å². The normalized spacial score (nSPS) is 11.2. The Balaban J connectivity index is 2.27. The van der Waals surface area contributed by atoms with Crippen LogP contribution in [0, 0.1) is 13.8 Å². The number of fused-ring (bicyclic) bond motifs is 1. The topological polar surface area (TPSA) is 51.4 Å². The van der Waals surface area contributed by atoms with Crippen LogP contribution >= 0.6 is 12.2 Å². The molecule has 148 valence electrons. The summed E-state index contributed by atoms with van der Waals surface area (Å²) in [6.07, 6.45) is 2.20. The summed E-state index contributed by atoms with van der Waals surface area (Å²) in [7, 11) is 4.08. The number of unbranched alkanes of at least 4 members (excludes halogenated alkanes) is 1. The van der Waals surface area contributed by atoms with E-state index >= 15 is 0 Å². The molecule has 0 aliphatic heterocycles. The van der Waals surface area contributed by atoms with Gasteiger partial charge in [-0.25, -0.2) is 0 Å². The van der Waals surface area contributed by atoms with E-state index in [0.29, 0.717) is 11.7 Å². The number of thiocarbonyl (C=S) groups is 1. The highest BCUT2D eigenvalue weighted by atomic mass is 32.1. The van der Waals surface area contributed by atoms with Gasteiger partial charge in [-0.05, 0) is 69.2 Å². The average Bonchev–Trinajstić information content (AvgIpc) is 2.62. The molecule has 0 atom stereocenters. The van der Waals surface area contributed by atoms with Crippen molar-refractivity contribution in [1.29, 1.82) is 0 Å². The smallest absolute Gasteiger partial charge is 0.253 e. The maximum atomic E-state index is 12.7. The second-order valence-electron chi connectivity index (χ2n) is 7.41. The van der Waals surface area contributed by atoms with Crippen LogP contribution in [0.3, 0.4) is 0 Å². The van der Waals surface area contributed by atoms with Crippen LogP contribution in [0.4, 0.5) is 0 Å². The predicted molar refractivity (Wildman–Crippen MR) is 119 cm³/mol. The lowest BCUT2D eigenvalue weighted by atomic mass is 10.0. The van der Waals surface area contributed by atoms with Gasteiger partial charge in [-0.3, -0.25) is 4.79 Å². The lowest BCUT2D eigenvalue weighted by Crippen LogP contribution is -2.43. The van der Waals surface area contributed by atoms with Crippen LogP contribution in [-0.4, -0.2) is 53.6 Å². The maximum Gasteiger partial charge on any atom is 0.253 e. The minimum atomic E-state index is -0.0394. The summed E-state index contributed by atoms with van der Waals surface area (Å²) in [4.78, 5) is 20.0. The molecule has 2 rings (SSSR count). The number of aryl methyl sites for hydroxylation is 2. The van der Waals surface area contributed by atoms with E-state index in [0.717, 1.165) is 54.5 Å². The predicted octanol–water partition coefficient (Wildman–Crippen LogP) is 3.18. The zero-order valence-electron chi connectivity index (χ0n) is 17.2. The van der Waals surface area contributed by atoms with Crippen molar-refractivity contribution in [3.05, 3.63) is 45.2 Å². The molecular formula is C21H32N4OS. The number of benzene rings is 1. The summed E-state index contributed by atoms with van der Waals surface area (Å²) in [5, 5.41) is 5.10. The summed E-state index contributed by atoms with van der Waals surface area (Å²) >= 11 is 5.60. The number of likely N-dealkylation sites (N-methyl/N-ethyl adjacent to an activating group) is 1. The monoisotopic (exact) mass is 388 g/mol. The van der Waals surface area contributed by atoms with Gasteiger partial charge in [0.25, 0.3) is 5.56 Å². The third-order valence-electron chi connectivity index (χ3n) is 4.90. The molecule has 0 aliphatic rings. The number of hydrogen-bond acceptors (Lipinski definition) is 3. The van der Waals surface area contributed by atoms with E-state index in [1.165, 1.54) is 5.56 Å². The Morgan fingerprint density at radius 2 is 1.96 bits per heavy atom. The van der Waals surface area contributed by atoms with Crippen molar-refractivity contribution < 1.29 is 0 Å². The third-order valence-corrected chi connectivity index (χ3v) is 5.30. The van der Waals surface area contributed by atoms with Crippen LogP contribution in [0.5, 0.6) is 0 Å². The molecule has 1 aromatic carbocycles. The van der Waals surface area contributed by atoms with Gasteiger partial charge in [0.15, 0.2) is 5.11 Å². The second-order valence-corrected chi connectivity index (χ2v) is 7.79. The molecular weight excluding hydrogens is 356 g/mol. The van der Waals surface area contributed by atoms with Gasteiger partial charge < -0.3 is 20.1 Å². The Hall–Kier alpha value is -1.92. The molecule has 5 nitrogen and oxygen atoms in total. The Labute approximate surface area is 167 Å². The summed E-state index contributed by atoms with van der Waals surface area (Å²) in [6.45, 7) is 9.28. The molecule has 0 aliphatic carbocycles. The molecule has 0 bridgehead atoms. The van der Waals surface area contributed by atoms with Crippen molar-refractivity contribution in [3.63, 3.8) is 0 Å². The van der Waals surface area contributed by atoms with Gasteiger partial charge in [0.2, 0.25) is 0 Å². The van der Waals surface area contributed by atoms with Crippen molar-refractivity contribution in [1.82, 2.24) is 20.1 Å². The molecule has 27 heavy (non-hydrogen) atoms. The molecule has 0 amide bonds. The molecule has 2 aromatic rings. The molecule has 0 radical (unpaired) electrons. The Morgan fingerprint density at radius 3 is 2.63 bits per heavy atom. The van der Waals surface area contributed by atoms with Crippen LogP contribution in [0.25, 0.3) is 10.9 Å². The minimum absolute atomic E-state index is 0.0394. The van der Waals surface area contributed by atoms with Crippen LogP contribution < -0.4 is 10.9 Å². The maximum absolute atomic E-state index is 12.7. The van der Waals surface area contributed by atoms with E-state index in [-0.39, 0.29) is 5.56 Å². The summed E-state index contributed by atoms with van der Waals surface area (Å²) in [5.74, 6) is 0. The number of aromatic nitrogens is 1. The van der Waals surface area contributed by atoms with E-state index in [4.69, 9.17) is 12.2 Å². The molecule has 0 fully saturated rings. The summed E-state index contributed by atoms with van der Waals surface area (Å²) < 4.78 is 0. The first-order chi connectivity index (χ1) is 12.8. The van der Waals surface area contributed by atoms with Gasteiger partial charge in [-0.2, -0.15) is 0 Å². The van der Waals surface area contributed by atoms with Crippen molar-refractivity contribution in [3.8, 4) is 0 Å². The number of rotatable bonds is 8. The van der Waals surface area contributed by atoms with Crippen LogP contribution in [0.15, 0.2) is 23.0 Å². The molecule has 1 heterocycles. The number of nitrogens with zero attached hydrogens (tertiary/aromatic N) is 2. The number of pyridine rings is 1. The lowest BCUT2D eigenvalue weighted by molar-refractivity contribution is 0.322. The van der Waals surface area contributed by atoms with Crippen LogP contribution in [-0.2, 0) is 6.54 Å². The van der Waals surface area contributed by atoms with Gasteiger partial charge in [0.1, 0.15) is 0 Å². The van der Waals surface area contributed by atoms with Gasteiger partial charge in [0, 0.05) is 25.2 Å². The number of H-pyrrole nitrogens is 1. The highest BCUT2D eigenvalue weighted by Crippen LogP contribution is 2.19. The van der Waals surface area contributed by atoms with E-state index in [1.54, 1.807) is 0 Å². The van der Waals surface area contributed by atoms with Gasteiger partial charge in [0.05, 0.1) is 12.1 Å². The second kappa shape index (κ2) is 9.85. The van der Waals surface area contributed by atoms with E-state index in [9.17, 15) is 4.79 Å². The van der Waals surface area contributed by atoms with Gasteiger partial charge in [-0.15, -0.1) is 0 Å². The highest BCUT2D eigenvalue weighted by Gasteiger charge is 2.14. The number of nitrogens with one attached hydrogen (secondary N) is 2. The molecule has 6 heteroatoms. The SMILES string of the molecule is CCCCNC(=S)N(CCN(C)C)Cc1cc2ccc(C)c(C)c2[nH]c1=O. The van der Waals surface area contributed by atoms with Gasteiger partial charge in [-0.1, -0.05) is 25.5 Å². The van der Waals surface area contributed by atoms with E-state index in [1.807, 2.05) is 27.1 Å². The van der Waals surface area contributed by atoms with Crippen molar-refractivity contribution in [2.45, 2.75) is 40.2 Å². The Bertz CT molecular complexity index is 844. The average molecular weight is 389 g/mol. The highest BCUT2D eigenvalue weighted by molar-refractivity contribution is 7.80. The quantitative estimate of drug-likeness (QED) is 0.537. The van der Waals surface area contributed by atoms with E-state index < -0.39 is 0 Å².